The largest absolute Gasteiger partial charge is 0.494 e. The Kier molecular flexibility index (Phi) is 5.70. The van der Waals surface area contributed by atoms with Gasteiger partial charge in [-0.3, -0.25) is 4.79 Å². The number of amides is 3. The fourth-order valence-corrected chi connectivity index (χ4v) is 2.73. The Bertz CT molecular complexity index is 578. The molecule has 1 heterocycles. The number of urea groups is 1. The molecule has 0 spiro atoms. The smallest absolute Gasteiger partial charge is 0.322 e. The molecule has 1 fully saturated rings. The molecule has 1 aliphatic heterocycles. The monoisotopic (exact) mass is 333 g/mol. The molecule has 0 aromatic heterocycles. The topological polar surface area (TPSA) is 70.7 Å². The molecule has 0 saturated carbocycles. The van der Waals surface area contributed by atoms with Crippen LogP contribution in [0.4, 0.5) is 10.5 Å². The van der Waals surface area contributed by atoms with Gasteiger partial charge in [0.15, 0.2) is 0 Å². The van der Waals surface area contributed by atoms with Gasteiger partial charge in [-0.25, -0.2) is 4.79 Å². The second kappa shape index (κ2) is 7.55. The van der Waals surface area contributed by atoms with Crippen molar-refractivity contribution >= 4 is 17.6 Å². The summed E-state index contributed by atoms with van der Waals surface area (Å²) in [4.78, 5) is 26.5. The Morgan fingerprint density at radius 1 is 1.25 bits per heavy atom. The minimum atomic E-state index is -0.410. The summed E-state index contributed by atoms with van der Waals surface area (Å²) < 4.78 is 5.38. The second-order valence-corrected chi connectivity index (χ2v) is 6.98. The number of nitrogens with one attached hydrogen (secondary N) is 2. The van der Waals surface area contributed by atoms with Crippen molar-refractivity contribution < 1.29 is 14.3 Å². The van der Waals surface area contributed by atoms with E-state index in [4.69, 9.17) is 4.74 Å². The number of anilines is 1. The van der Waals surface area contributed by atoms with Crippen LogP contribution in [-0.2, 0) is 4.79 Å². The van der Waals surface area contributed by atoms with Crippen LogP contribution in [0.15, 0.2) is 24.3 Å². The van der Waals surface area contributed by atoms with Gasteiger partial charge in [0.05, 0.1) is 6.61 Å². The molecule has 0 bridgehead atoms. The van der Waals surface area contributed by atoms with Gasteiger partial charge >= 0.3 is 6.03 Å². The third-order valence-corrected chi connectivity index (χ3v) is 3.73. The minimum absolute atomic E-state index is 0.0955. The third kappa shape index (κ3) is 4.88. The van der Waals surface area contributed by atoms with Crippen LogP contribution in [0.2, 0.25) is 0 Å². The highest BCUT2D eigenvalue weighted by molar-refractivity contribution is 5.94. The van der Waals surface area contributed by atoms with Crippen molar-refractivity contribution in [3.8, 4) is 5.75 Å². The number of likely N-dealkylation sites (tertiary alicyclic amines) is 1. The molecule has 1 aromatic rings. The van der Waals surface area contributed by atoms with E-state index in [-0.39, 0.29) is 17.5 Å². The number of carbonyl (C=O) groups excluding carboxylic acids is 2. The first-order chi connectivity index (χ1) is 11.3. The Labute approximate surface area is 143 Å². The maximum atomic E-state index is 12.5. The van der Waals surface area contributed by atoms with Crippen LogP contribution in [-0.4, -0.2) is 41.6 Å². The molecule has 6 nitrogen and oxygen atoms in total. The summed E-state index contributed by atoms with van der Waals surface area (Å²) in [6, 6.07) is 6.56. The molecule has 1 saturated heterocycles. The summed E-state index contributed by atoms with van der Waals surface area (Å²) in [5, 5.41) is 5.81. The molecule has 132 valence electrons. The fourth-order valence-electron chi connectivity index (χ4n) is 2.73. The summed E-state index contributed by atoms with van der Waals surface area (Å²) in [5.74, 6) is 0.668. The third-order valence-electron chi connectivity index (χ3n) is 3.73. The lowest BCUT2D eigenvalue weighted by Gasteiger charge is -2.28. The van der Waals surface area contributed by atoms with Crippen LogP contribution in [0.1, 0.15) is 40.5 Å². The van der Waals surface area contributed by atoms with Gasteiger partial charge in [-0.1, -0.05) is 0 Å². The lowest BCUT2D eigenvalue weighted by atomic mass is 10.1. The van der Waals surface area contributed by atoms with E-state index in [1.54, 1.807) is 17.0 Å². The summed E-state index contributed by atoms with van der Waals surface area (Å²) in [6.45, 7) is 8.92. The van der Waals surface area contributed by atoms with Crippen molar-refractivity contribution in [3.63, 3.8) is 0 Å². The number of benzene rings is 1. The van der Waals surface area contributed by atoms with E-state index >= 15 is 0 Å². The average molecular weight is 333 g/mol. The van der Waals surface area contributed by atoms with Crippen molar-refractivity contribution in [2.45, 2.75) is 52.1 Å². The molecule has 6 heteroatoms. The molecule has 1 atom stereocenters. The van der Waals surface area contributed by atoms with E-state index in [9.17, 15) is 9.59 Å². The van der Waals surface area contributed by atoms with Crippen LogP contribution in [0.25, 0.3) is 0 Å². The number of hydrogen-bond acceptors (Lipinski definition) is 3. The van der Waals surface area contributed by atoms with Gasteiger partial charge in [0.1, 0.15) is 11.8 Å². The molecule has 0 radical (unpaired) electrons. The quantitative estimate of drug-likeness (QED) is 0.890. The van der Waals surface area contributed by atoms with Gasteiger partial charge < -0.3 is 20.3 Å². The number of nitrogens with zero attached hydrogens (tertiary/aromatic N) is 1. The van der Waals surface area contributed by atoms with Crippen molar-refractivity contribution in [2.24, 2.45) is 0 Å². The number of hydrogen-bond donors (Lipinski definition) is 2. The standard InChI is InChI=1S/C18H27N3O3/c1-5-24-14-10-8-13(9-11-14)19-17(23)21-12-6-7-15(21)16(22)20-18(2,3)4/h8-11,15H,5-7,12H2,1-4H3,(H,19,23)(H,20,22)/t15-/m1/s1. The van der Waals surface area contributed by atoms with E-state index in [0.29, 0.717) is 25.3 Å². The summed E-state index contributed by atoms with van der Waals surface area (Å²) in [6.07, 6.45) is 1.53. The van der Waals surface area contributed by atoms with E-state index in [2.05, 4.69) is 10.6 Å². The van der Waals surface area contributed by atoms with Crippen LogP contribution < -0.4 is 15.4 Å². The molecule has 0 unspecified atom stereocenters. The number of ether oxygens (including phenoxy) is 1. The van der Waals surface area contributed by atoms with Crippen LogP contribution >= 0.6 is 0 Å². The molecular weight excluding hydrogens is 306 g/mol. The number of carbonyl (C=O) groups is 2. The molecule has 1 aliphatic rings. The first-order valence-electron chi connectivity index (χ1n) is 8.42. The van der Waals surface area contributed by atoms with Crippen LogP contribution in [0.5, 0.6) is 5.75 Å². The Morgan fingerprint density at radius 2 is 1.92 bits per heavy atom. The predicted octanol–water partition coefficient (Wildman–Crippen LogP) is 3.00. The highest BCUT2D eigenvalue weighted by atomic mass is 16.5. The normalized spacial score (nSPS) is 17.5. The minimum Gasteiger partial charge on any atom is -0.494 e. The van der Waals surface area contributed by atoms with Gasteiger partial charge in [-0.2, -0.15) is 0 Å². The molecule has 2 rings (SSSR count). The van der Waals surface area contributed by atoms with Crippen LogP contribution in [0.3, 0.4) is 0 Å². The first kappa shape index (κ1) is 18.1. The van der Waals surface area contributed by atoms with Gasteiger partial charge in [-0.15, -0.1) is 0 Å². The molecule has 2 N–H and O–H groups in total. The number of rotatable bonds is 4. The average Bonchev–Trinajstić information content (AvgIpc) is 2.97. The van der Waals surface area contributed by atoms with E-state index < -0.39 is 6.04 Å². The maximum Gasteiger partial charge on any atom is 0.322 e. The molecule has 24 heavy (non-hydrogen) atoms. The predicted molar refractivity (Wildman–Crippen MR) is 94.3 cm³/mol. The van der Waals surface area contributed by atoms with Gasteiger partial charge in [0, 0.05) is 17.8 Å². The highest BCUT2D eigenvalue weighted by Gasteiger charge is 2.35. The Balaban J connectivity index is 1.98. The molecule has 0 aliphatic carbocycles. The van der Waals surface area contributed by atoms with Crippen molar-refractivity contribution in [1.29, 1.82) is 0 Å². The fraction of sp³-hybridized carbons (Fsp3) is 0.556. The van der Waals surface area contributed by atoms with Crippen molar-refractivity contribution in [3.05, 3.63) is 24.3 Å². The SMILES string of the molecule is CCOc1ccc(NC(=O)N2CCC[C@@H]2C(=O)NC(C)(C)C)cc1. The zero-order chi connectivity index (χ0) is 17.7. The summed E-state index contributed by atoms with van der Waals surface area (Å²) in [5.41, 5.74) is 0.377. The molecule has 3 amide bonds. The summed E-state index contributed by atoms with van der Waals surface area (Å²) >= 11 is 0. The Morgan fingerprint density at radius 3 is 2.50 bits per heavy atom. The van der Waals surface area contributed by atoms with E-state index in [1.165, 1.54) is 0 Å². The molecule has 1 aromatic carbocycles. The zero-order valence-electron chi connectivity index (χ0n) is 14.9. The first-order valence-corrected chi connectivity index (χ1v) is 8.42. The lowest BCUT2D eigenvalue weighted by molar-refractivity contribution is -0.126. The Hall–Kier alpha value is -2.24. The van der Waals surface area contributed by atoms with Gasteiger partial charge in [0.2, 0.25) is 5.91 Å². The molecular formula is C18H27N3O3. The lowest BCUT2D eigenvalue weighted by Crippen LogP contribution is -2.52. The van der Waals surface area contributed by atoms with Gasteiger partial charge in [0.25, 0.3) is 0 Å². The van der Waals surface area contributed by atoms with Crippen molar-refractivity contribution in [2.75, 3.05) is 18.5 Å². The van der Waals surface area contributed by atoms with Gasteiger partial charge in [-0.05, 0) is 64.8 Å². The summed E-state index contributed by atoms with van der Waals surface area (Å²) in [7, 11) is 0. The highest BCUT2D eigenvalue weighted by Crippen LogP contribution is 2.21. The zero-order valence-corrected chi connectivity index (χ0v) is 14.9. The van der Waals surface area contributed by atoms with Crippen LogP contribution in [0, 0.1) is 0 Å². The van der Waals surface area contributed by atoms with Crippen molar-refractivity contribution in [1.82, 2.24) is 10.2 Å². The van der Waals surface area contributed by atoms with E-state index in [0.717, 1.165) is 12.2 Å². The van der Waals surface area contributed by atoms with E-state index in [1.807, 2.05) is 39.8 Å². The second-order valence-electron chi connectivity index (χ2n) is 6.98. The maximum absolute atomic E-state index is 12.5.